The molecule has 74 valence electrons. The van der Waals surface area contributed by atoms with Gasteiger partial charge >= 0.3 is 0 Å². The van der Waals surface area contributed by atoms with Crippen molar-refractivity contribution in [2.24, 2.45) is 0 Å². The highest BCUT2D eigenvalue weighted by molar-refractivity contribution is 5.67. The predicted octanol–water partition coefficient (Wildman–Crippen LogP) is 2.55. The molecular weight excluding hydrogens is 186 g/mol. The molecule has 15 heavy (non-hydrogen) atoms. The number of benzene rings is 1. The van der Waals surface area contributed by atoms with Gasteiger partial charge in [0, 0.05) is 11.8 Å². The van der Waals surface area contributed by atoms with Crippen LogP contribution in [0.1, 0.15) is 11.3 Å². The van der Waals surface area contributed by atoms with Gasteiger partial charge in [0.15, 0.2) is 0 Å². The smallest absolute Gasteiger partial charge is 0.248 e. The zero-order valence-corrected chi connectivity index (χ0v) is 8.18. The number of pyridine rings is 1. The van der Waals surface area contributed by atoms with E-state index in [1.54, 1.807) is 6.07 Å². The molecule has 0 aliphatic heterocycles. The van der Waals surface area contributed by atoms with E-state index in [2.05, 4.69) is 4.98 Å². The summed E-state index contributed by atoms with van der Waals surface area (Å²) >= 11 is 0. The van der Waals surface area contributed by atoms with Crippen LogP contribution in [-0.2, 0) is 0 Å². The molecule has 1 heterocycles. The summed E-state index contributed by atoms with van der Waals surface area (Å²) in [6.07, 6.45) is 3.85. The molecule has 0 saturated carbocycles. The summed E-state index contributed by atoms with van der Waals surface area (Å²) in [5, 5.41) is 0. The lowest BCUT2D eigenvalue weighted by Gasteiger charge is -1.93. The molecule has 1 N–H and O–H groups in total. The summed E-state index contributed by atoms with van der Waals surface area (Å²) < 4.78 is 0. The molecular formula is C13H11NO. The maximum Gasteiger partial charge on any atom is 0.248 e. The first-order valence-electron chi connectivity index (χ1n) is 4.77. The molecule has 0 saturated heterocycles. The van der Waals surface area contributed by atoms with Crippen LogP contribution in [0.15, 0.2) is 53.3 Å². The summed E-state index contributed by atoms with van der Waals surface area (Å²) in [4.78, 5) is 13.7. The highest BCUT2D eigenvalue weighted by atomic mass is 16.1. The Bertz CT molecular complexity index is 511. The molecule has 0 fully saturated rings. The van der Waals surface area contributed by atoms with Crippen LogP contribution in [0.25, 0.3) is 12.2 Å². The summed E-state index contributed by atoms with van der Waals surface area (Å²) in [7, 11) is 0. The van der Waals surface area contributed by atoms with E-state index in [0.29, 0.717) is 0 Å². The number of aromatic amines is 1. The van der Waals surface area contributed by atoms with Gasteiger partial charge in [-0.2, -0.15) is 0 Å². The fraction of sp³-hybridized carbons (Fsp3) is 0. The van der Waals surface area contributed by atoms with Crippen LogP contribution in [0.5, 0.6) is 0 Å². The maximum atomic E-state index is 11.0. The van der Waals surface area contributed by atoms with Gasteiger partial charge in [-0.05, 0) is 17.7 Å². The van der Waals surface area contributed by atoms with Gasteiger partial charge in [-0.25, -0.2) is 0 Å². The molecule has 2 heteroatoms. The van der Waals surface area contributed by atoms with Crippen LogP contribution in [-0.4, -0.2) is 4.98 Å². The van der Waals surface area contributed by atoms with Crippen LogP contribution in [0.2, 0.25) is 0 Å². The highest BCUT2D eigenvalue weighted by Gasteiger charge is 1.87. The Morgan fingerprint density at radius 1 is 0.867 bits per heavy atom. The van der Waals surface area contributed by atoms with Crippen molar-refractivity contribution in [3.05, 3.63) is 70.1 Å². The number of aromatic nitrogens is 1. The first-order valence-corrected chi connectivity index (χ1v) is 4.77. The third-order valence-electron chi connectivity index (χ3n) is 2.05. The van der Waals surface area contributed by atoms with Crippen molar-refractivity contribution in [2.45, 2.75) is 0 Å². The molecule has 0 unspecified atom stereocenters. The van der Waals surface area contributed by atoms with Crippen molar-refractivity contribution in [3.63, 3.8) is 0 Å². The molecule has 2 nitrogen and oxygen atoms in total. The van der Waals surface area contributed by atoms with Gasteiger partial charge in [-0.1, -0.05) is 42.5 Å². The Kier molecular flexibility index (Phi) is 2.79. The Labute approximate surface area is 87.9 Å². The van der Waals surface area contributed by atoms with E-state index in [0.717, 1.165) is 11.3 Å². The Morgan fingerprint density at radius 2 is 1.67 bits per heavy atom. The zero-order chi connectivity index (χ0) is 10.5. The SMILES string of the molecule is O=c1cccc(C=Cc2ccccc2)[nH]1. The van der Waals surface area contributed by atoms with Gasteiger partial charge < -0.3 is 4.98 Å². The highest BCUT2D eigenvalue weighted by Crippen LogP contribution is 2.04. The minimum atomic E-state index is -0.0785. The lowest BCUT2D eigenvalue weighted by molar-refractivity contribution is 1.22. The summed E-state index contributed by atoms with van der Waals surface area (Å²) in [5.74, 6) is 0. The third-order valence-corrected chi connectivity index (χ3v) is 2.05. The van der Waals surface area contributed by atoms with Gasteiger partial charge in [0.2, 0.25) is 5.56 Å². The minimum Gasteiger partial charge on any atom is -0.323 e. The number of nitrogens with one attached hydrogen (secondary N) is 1. The standard InChI is InChI=1S/C13H11NO/c15-13-8-4-7-12(14-13)10-9-11-5-2-1-3-6-11/h1-10H,(H,14,15). The summed E-state index contributed by atoms with van der Waals surface area (Å²) in [6, 6.07) is 15.1. The van der Waals surface area contributed by atoms with Gasteiger partial charge in [0.05, 0.1) is 0 Å². The first-order chi connectivity index (χ1) is 7.34. The zero-order valence-electron chi connectivity index (χ0n) is 8.18. The lowest BCUT2D eigenvalue weighted by atomic mass is 10.2. The number of H-pyrrole nitrogens is 1. The van der Waals surface area contributed by atoms with Crippen LogP contribution in [0.3, 0.4) is 0 Å². The van der Waals surface area contributed by atoms with Crippen LogP contribution < -0.4 is 5.56 Å². The average Bonchev–Trinajstić information content (AvgIpc) is 2.28. The second-order valence-corrected chi connectivity index (χ2v) is 3.21. The van der Waals surface area contributed by atoms with Crippen molar-refractivity contribution in [1.82, 2.24) is 4.98 Å². The normalized spacial score (nSPS) is 10.7. The Balaban J connectivity index is 2.23. The first kappa shape index (κ1) is 9.46. The molecule has 0 aliphatic carbocycles. The number of rotatable bonds is 2. The molecule has 0 radical (unpaired) electrons. The van der Waals surface area contributed by atoms with E-state index >= 15 is 0 Å². The Morgan fingerprint density at radius 3 is 2.40 bits per heavy atom. The Hall–Kier alpha value is -2.09. The predicted molar refractivity (Wildman–Crippen MR) is 62.4 cm³/mol. The van der Waals surface area contributed by atoms with Crippen molar-refractivity contribution in [2.75, 3.05) is 0 Å². The van der Waals surface area contributed by atoms with Gasteiger partial charge in [0.25, 0.3) is 0 Å². The fourth-order valence-corrected chi connectivity index (χ4v) is 1.31. The molecule has 0 spiro atoms. The molecule has 2 aromatic rings. The van der Waals surface area contributed by atoms with E-state index in [1.807, 2.05) is 48.6 Å². The van der Waals surface area contributed by atoms with Gasteiger partial charge in [-0.15, -0.1) is 0 Å². The molecule has 1 aromatic carbocycles. The number of hydrogen-bond donors (Lipinski definition) is 1. The average molecular weight is 197 g/mol. The van der Waals surface area contributed by atoms with Crippen LogP contribution in [0.4, 0.5) is 0 Å². The molecule has 0 atom stereocenters. The third kappa shape index (κ3) is 2.68. The minimum absolute atomic E-state index is 0.0785. The van der Waals surface area contributed by atoms with E-state index in [9.17, 15) is 4.79 Å². The maximum absolute atomic E-state index is 11.0. The van der Waals surface area contributed by atoms with Crippen LogP contribution >= 0.6 is 0 Å². The van der Waals surface area contributed by atoms with Crippen molar-refractivity contribution < 1.29 is 0 Å². The fourth-order valence-electron chi connectivity index (χ4n) is 1.31. The summed E-state index contributed by atoms with van der Waals surface area (Å²) in [6.45, 7) is 0. The van der Waals surface area contributed by atoms with Crippen molar-refractivity contribution >= 4 is 12.2 Å². The van der Waals surface area contributed by atoms with Crippen molar-refractivity contribution in [1.29, 1.82) is 0 Å². The van der Waals surface area contributed by atoms with E-state index in [4.69, 9.17) is 0 Å². The largest absolute Gasteiger partial charge is 0.323 e. The molecule has 0 amide bonds. The van der Waals surface area contributed by atoms with Gasteiger partial charge in [-0.3, -0.25) is 4.79 Å². The van der Waals surface area contributed by atoms with E-state index in [1.165, 1.54) is 6.07 Å². The quantitative estimate of drug-likeness (QED) is 0.788. The summed E-state index contributed by atoms with van der Waals surface area (Å²) in [5.41, 5.74) is 1.85. The molecule has 0 bridgehead atoms. The van der Waals surface area contributed by atoms with E-state index < -0.39 is 0 Å². The molecule has 1 aromatic heterocycles. The van der Waals surface area contributed by atoms with Gasteiger partial charge in [0.1, 0.15) is 0 Å². The van der Waals surface area contributed by atoms with Crippen molar-refractivity contribution in [3.8, 4) is 0 Å². The lowest BCUT2D eigenvalue weighted by Crippen LogP contribution is -2.03. The second-order valence-electron chi connectivity index (χ2n) is 3.21. The topological polar surface area (TPSA) is 32.9 Å². The second kappa shape index (κ2) is 4.42. The monoisotopic (exact) mass is 197 g/mol. The molecule has 0 aliphatic rings. The van der Waals surface area contributed by atoms with E-state index in [-0.39, 0.29) is 5.56 Å². The molecule has 2 rings (SSSR count). The van der Waals surface area contributed by atoms with Crippen LogP contribution in [0, 0.1) is 0 Å². The number of hydrogen-bond acceptors (Lipinski definition) is 1.